The summed E-state index contributed by atoms with van der Waals surface area (Å²) in [5, 5.41) is 17.6. The molecule has 110 valence electrons. The van der Waals surface area contributed by atoms with Crippen LogP contribution in [0.2, 0.25) is 0 Å². The maximum absolute atomic E-state index is 12.3. The number of aryl methyl sites for hydroxylation is 2. The van der Waals surface area contributed by atoms with Crippen LogP contribution < -0.4 is 5.32 Å². The third-order valence-corrected chi connectivity index (χ3v) is 3.24. The van der Waals surface area contributed by atoms with Gasteiger partial charge in [-0.2, -0.15) is 5.10 Å². The van der Waals surface area contributed by atoms with Gasteiger partial charge in [0.25, 0.3) is 11.6 Å². The van der Waals surface area contributed by atoms with E-state index in [1.807, 2.05) is 13.8 Å². The second-order valence-corrected chi connectivity index (χ2v) is 4.62. The maximum atomic E-state index is 12.3. The molecule has 1 N–H and O–H groups in total. The fraction of sp³-hybridized carbons (Fsp3) is 0.286. The van der Waals surface area contributed by atoms with E-state index in [1.165, 1.54) is 24.3 Å². The van der Waals surface area contributed by atoms with Crippen molar-refractivity contribution in [3.05, 3.63) is 51.3 Å². The molecule has 1 aromatic heterocycles. The first kappa shape index (κ1) is 14.7. The van der Waals surface area contributed by atoms with E-state index in [0.717, 1.165) is 5.69 Å². The number of hydrogen-bond donors (Lipinski definition) is 1. The van der Waals surface area contributed by atoms with Gasteiger partial charge in [0.2, 0.25) is 0 Å². The van der Waals surface area contributed by atoms with Gasteiger partial charge in [-0.25, -0.2) is 0 Å². The van der Waals surface area contributed by atoms with Gasteiger partial charge in [-0.15, -0.1) is 0 Å². The quantitative estimate of drug-likeness (QED) is 0.691. The molecule has 2 rings (SSSR count). The summed E-state index contributed by atoms with van der Waals surface area (Å²) in [5.41, 5.74) is 2.49. The number of nitrogens with one attached hydrogen (secondary N) is 1. The Morgan fingerprint density at radius 3 is 2.43 bits per heavy atom. The lowest BCUT2D eigenvalue weighted by Crippen LogP contribution is -2.14. The molecule has 1 amide bonds. The highest BCUT2D eigenvalue weighted by Crippen LogP contribution is 2.18. The normalized spacial score (nSPS) is 10.4. The highest BCUT2D eigenvalue weighted by Gasteiger charge is 2.18. The zero-order valence-electron chi connectivity index (χ0n) is 12.1. The summed E-state index contributed by atoms with van der Waals surface area (Å²) in [6.07, 6.45) is 0. The number of benzene rings is 1. The maximum Gasteiger partial charge on any atom is 0.269 e. The molecular weight excluding hydrogens is 272 g/mol. The Morgan fingerprint density at radius 1 is 1.33 bits per heavy atom. The Hall–Kier alpha value is -2.70. The number of aromatic nitrogens is 2. The summed E-state index contributed by atoms with van der Waals surface area (Å²) in [5.74, 6) is -0.265. The highest BCUT2D eigenvalue weighted by molar-refractivity contribution is 6.05. The second-order valence-electron chi connectivity index (χ2n) is 4.62. The van der Waals surface area contributed by atoms with Crippen molar-refractivity contribution < 1.29 is 9.72 Å². The Bertz CT molecular complexity index is 689. The van der Waals surface area contributed by atoms with Gasteiger partial charge in [0.05, 0.1) is 16.2 Å². The minimum atomic E-state index is -0.481. The molecule has 2 aromatic rings. The number of nitro groups is 1. The first-order valence-corrected chi connectivity index (χ1v) is 6.53. The predicted molar refractivity (Wildman–Crippen MR) is 78.4 cm³/mol. The fourth-order valence-electron chi connectivity index (χ4n) is 2.19. The smallest absolute Gasteiger partial charge is 0.269 e. The minimum Gasteiger partial charge on any atom is -0.322 e. The van der Waals surface area contributed by atoms with Gasteiger partial charge >= 0.3 is 0 Å². The number of carbonyl (C=O) groups is 1. The van der Waals surface area contributed by atoms with Gasteiger partial charge in [0.1, 0.15) is 0 Å². The molecule has 0 atom stereocenters. The molecule has 0 aliphatic carbocycles. The number of rotatable bonds is 4. The van der Waals surface area contributed by atoms with Gasteiger partial charge in [0, 0.05) is 30.1 Å². The van der Waals surface area contributed by atoms with Gasteiger partial charge < -0.3 is 5.32 Å². The molecule has 7 heteroatoms. The van der Waals surface area contributed by atoms with Crippen molar-refractivity contribution in [3.8, 4) is 0 Å². The van der Waals surface area contributed by atoms with E-state index in [-0.39, 0.29) is 11.6 Å². The predicted octanol–water partition coefficient (Wildman–Crippen LogP) is 2.68. The third kappa shape index (κ3) is 2.91. The van der Waals surface area contributed by atoms with E-state index in [4.69, 9.17) is 0 Å². The van der Waals surface area contributed by atoms with Crippen molar-refractivity contribution >= 4 is 17.3 Å². The molecular formula is C14H16N4O3. The molecule has 0 aliphatic heterocycles. The van der Waals surface area contributed by atoms with Crippen LogP contribution in [0.1, 0.15) is 28.7 Å². The van der Waals surface area contributed by atoms with E-state index < -0.39 is 4.92 Å². The molecule has 0 unspecified atom stereocenters. The Balaban J connectivity index is 2.22. The summed E-state index contributed by atoms with van der Waals surface area (Å²) in [7, 11) is 0. The molecule has 0 saturated carbocycles. The number of carbonyl (C=O) groups excluding carboxylic acids is 1. The van der Waals surface area contributed by atoms with Crippen LogP contribution >= 0.6 is 0 Å². The first-order valence-electron chi connectivity index (χ1n) is 6.53. The van der Waals surface area contributed by atoms with E-state index in [2.05, 4.69) is 10.4 Å². The Kier molecular flexibility index (Phi) is 4.02. The van der Waals surface area contributed by atoms with E-state index in [9.17, 15) is 14.9 Å². The van der Waals surface area contributed by atoms with Crippen molar-refractivity contribution in [3.63, 3.8) is 0 Å². The SMILES string of the molecule is CCn1nc(C)c(C(=O)Nc2ccc([N+](=O)[O-])cc2)c1C. The lowest BCUT2D eigenvalue weighted by molar-refractivity contribution is -0.384. The highest BCUT2D eigenvalue weighted by atomic mass is 16.6. The standard InChI is InChI=1S/C14H16N4O3/c1-4-17-10(3)13(9(2)16-17)14(19)15-11-5-7-12(8-6-11)18(20)21/h5-8H,4H2,1-3H3,(H,15,19). The lowest BCUT2D eigenvalue weighted by atomic mass is 10.1. The van der Waals surface area contributed by atoms with Crippen molar-refractivity contribution in [2.24, 2.45) is 0 Å². The van der Waals surface area contributed by atoms with Crippen LogP contribution in [0.3, 0.4) is 0 Å². The molecule has 21 heavy (non-hydrogen) atoms. The minimum absolute atomic E-state index is 0.0147. The summed E-state index contributed by atoms with van der Waals surface area (Å²) >= 11 is 0. The van der Waals surface area contributed by atoms with Crippen LogP contribution in [-0.4, -0.2) is 20.6 Å². The average Bonchev–Trinajstić information content (AvgIpc) is 2.73. The second kappa shape index (κ2) is 5.74. The van der Waals surface area contributed by atoms with Gasteiger partial charge in [-0.05, 0) is 32.9 Å². The van der Waals surface area contributed by atoms with Crippen molar-refractivity contribution in [2.75, 3.05) is 5.32 Å². The number of nitro benzene ring substituents is 1. The molecule has 0 fully saturated rings. The average molecular weight is 288 g/mol. The van der Waals surface area contributed by atoms with E-state index in [0.29, 0.717) is 23.5 Å². The van der Waals surface area contributed by atoms with Gasteiger partial charge in [0.15, 0.2) is 0 Å². The van der Waals surface area contributed by atoms with E-state index >= 15 is 0 Å². The van der Waals surface area contributed by atoms with Crippen LogP contribution in [0.5, 0.6) is 0 Å². The van der Waals surface area contributed by atoms with Crippen LogP contribution in [0, 0.1) is 24.0 Å². The zero-order valence-corrected chi connectivity index (χ0v) is 12.1. The zero-order chi connectivity index (χ0) is 15.6. The van der Waals surface area contributed by atoms with Gasteiger partial charge in [-0.1, -0.05) is 0 Å². The number of amides is 1. The summed E-state index contributed by atoms with van der Waals surface area (Å²) in [6.45, 7) is 6.27. The largest absolute Gasteiger partial charge is 0.322 e. The van der Waals surface area contributed by atoms with Crippen LogP contribution in [0.4, 0.5) is 11.4 Å². The molecule has 7 nitrogen and oxygen atoms in total. The van der Waals surface area contributed by atoms with Crippen LogP contribution in [0.25, 0.3) is 0 Å². The summed E-state index contributed by atoms with van der Waals surface area (Å²) in [4.78, 5) is 22.4. The van der Waals surface area contributed by atoms with Crippen molar-refractivity contribution in [1.82, 2.24) is 9.78 Å². The fourth-order valence-corrected chi connectivity index (χ4v) is 2.19. The Morgan fingerprint density at radius 2 is 1.95 bits per heavy atom. The molecule has 0 radical (unpaired) electrons. The molecule has 1 aromatic carbocycles. The van der Waals surface area contributed by atoms with Crippen molar-refractivity contribution in [1.29, 1.82) is 0 Å². The van der Waals surface area contributed by atoms with Crippen LogP contribution in [-0.2, 0) is 6.54 Å². The number of hydrogen-bond acceptors (Lipinski definition) is 4. The van der Waals surface area contributed by atoms with Gasteiger partial charge in [-0.3, -0.25) is 19.6 Å². The molecule has 0 saturated heterocycles. The monoisotopic (exact) mass is 288 g/mol. The number of non-ortho nitro benzene ring substituents is 1. The lowest BCUT2D eigenvalue weighted by Gasteiger charge is -2.05. The summed E-state index contributed by atoms with van der Waals surface area (Å²) < 4.78 is 1.76. The number of nitrogens with zero attached hydrogens (tertiary/aromatic N) is 3. The molecule has 0 spiro atoms. The third-order valence-electron chi connectivity index (χ3n) is 3.24. The topological polar surface area (TPSA) is 90.1 Å². The molecule has 0 aliphatic rings. The van der Waals surface area contributed by atoms with Crippen molar-refractivity contribution in [2.45, 2.75) is 27.3 Å². The van der Waals surface area contributed by atoms with E-state index in [1.54, 1.807) is 11.6 Å². The van der Waals surface area contributed by atoms with Crippen LogP contribution in [0.15, 0.2) is 24.3 Å². The molecule has 1 heterocycles. The summed E-state index contributed by atoms with van der Waals surface area (Å²) in [6, 6.07) is 5.71. The molecule has 0 bridgehead atoms. The number of anilines is 1. The first-order chi connectivity index (χ1) is 9.93. The Labute approximate surface area is 121 Å².